The Balaban J connectivity index is 1.91. The molecule has 0 spiro atoms. The lowest BCUT2D eigenvalue weighted by atomic mass is 10.2. The number of ether oxygens (including phenoxy) is 1. The summed E-state index contributed by atoms with van der Waals surface area (Å²) in [5, 5.41) is 8.34. The zero-order chi connectivity index (χ0) is 19.9. The van der Waals surface area contributed by atoms with Crippen molar-refractivity contribution in [3.63, 3.8) is 0 Å². The highest BCUT2D eigenvalue weighted by Gasteiger charge is 2.35. The van der Waals surface area contributed by atoms with E-state index in [1.807, 2.05) is 54.6 Å². The number of hydrogen-bond acceptors (Lipinski definition) is 3. The Bertz CT molecular complexity index is 773. The van der Waals surface area contributed by atoms with E-state index in [0.717, 1.165) is 14.8 Å². The molecule has 2 rings (SSSR count). The van der Waals surface area contributed by atoms with E-state index in [1.54, 1.807) is 0 Å². The molecule has 2 aromatic carbocycles. The second kappa shape index (κ2) is 10.5. The molecule has 2 aromatic rings. The normalized spacial score (nSPS) is 12.0. The fraction of sp³-hybridized carbons (Fsp3) is 0.176. The van der Waals surface area contributed by atoms with Gasteiger partial charge in [-0.1, -0.05) is 65.1 Å². The van der Waals surface area contributed by atoms with Crippen LogP contribution in [0.15, 0.2) is 54.6 Å². The molecule has 0 aliphatic heterocycles. The molecule has 0 aliphatic rings. The van der Waals surface area contributed by atoms with Crippen LogP contribution in [0, 0.1) is 3.57 Å². The molecule has 10 heteroatoms. The van der Waals surface area contributed by atoms with Gasteiger partial charge in [0, 0.05) is 9.26 Å². The molecule has 0 aromatic heterocycles. The van der Waals surface area contributed by atoms with E-state index >= 15 is 0 Å². The van der Waals surface area contributed by atoms with Crippen LogP contribution in [-0.4, -0.2) is 21.2 Å². The van der Waals surface area contributed by atoms with Crippen molar-refractivity contribution in [2.45, 2.75) is 16.6 Å². The average Bonchev–Trinajstić information content (AvgIpc) is 2.61. The molecule has 0 fully saturated rings. The largest absolute Gasteiger partial charge is 0.445 e. The van der Waals surface area contributed by atoms with Crippen LogP contribution in [0.5, 0.6) is 0 Å². The summed E-state index contributed by atoms with van der Waals surface area (Å²) in [6.45, 7) is 0.0879. The standard InChI is InChI=1S/C17H15Cl3IN3O2S/c18-17(19,20)14(23-15(27)22-13-8-6-12(21)7-9-13)24-16(25)26-10-11-4-2-1-3-5-11/h1-9,14H,10H2,(H,24,25)(H2,22,23,27). The molecule has 0 bridgehead atoms. The Hall–Kier alpha value is -1.000. The molecule has 1 atom stereocenters. The van der Waals surface area contributed by atoms with Crippen LogP contribution in [0.4, 0.5) is 10.5 Å². The fourth-order valence-corrected chi connectivity index (χ4v) is 2.84. The predicted octanol–water partition coefficient (Wildman–Crippen LogP) is 5.20. The summed E-state index contributed by atoms with van der Waals surface area (Å²) in [7, 11) is 0. The number of benzene rings is 2. The maximum atomic E-state index is 12.0. The number of hydrogen-bond donors (Lipinski definition) is 3. The lowest BCUT2D eigenvalue weighted by Gasteiger charge is -2.27. The van der Waals surface area contributed by atoms with Crippen molar-refractivity contribution in [3.8, 4) is 0 Å². The highest BCUT2D eigenvalue weighted by Crippen LogP contribution is 2.29. The van der Waals surface area contributed by atoms with Crippen molar-refractivity contribution in [3.05, 3.63) is 63.7 Å². The number of thiocarbonyl (C=S) groups is 1. The lowest BCUT2D eigenvalue weighted by Crippen LogP contribution is -2.56. The molecule has 1 unspecified atom stereocenters. The van der Waals surface area contributed by atoms with Crippen LogP contribution in [0.3, 0.4) is 0 Å². The monoisotopic (exact) mass is 557 g/mol. The molecule has 5 nitrogen and oxygen atoms in total. The number of halogens is 4. The topological polar surface area (TPSA) is 62.4 Å². The number of nitrogens with one attached hydrogen (secondary N) is 3. The van der Waals surface area contributed by atoms with Crippen LogP contribution >= 0.6 is 69.6 Å². The first-order valence-corrected chi connectivity index (χ1v) is 10.2. The molecule has 0 saturated heterocycles. The van der Waals surface area contributed by atoms with E-state index < -0.39 is 16.1 Å². The number of alkyl halides is 3. The van der Waals surface area contributed by atoms with Crippen molar-refractivity contribution in [1.29, 1.82) is 0 Å². The summed E-state index contributed by atoms with van der Waals surface area (Å²) in [5.74, 6) is 0. The maximum Gasteiger partial charge on any atom is 0.409 e. The van der Waals surface area contributed by atoms with Crippen molar-refractivity contribution in [2.24, 2.45) is 0 Å². The molecule has 144 valence electrons. The molecule has 0 heterocycles. The van der Waals surface area contributed by atoms with Gasteiger partial charge < -0.3 is 15.4 Å². The number of carbonyl (C=O) groups excluding carboxylic acids is 1. The van der Waals surface area contributed by atoms with E-state index in [1.165, 1.54) is 0 Å². The first-order valence-electron chi connectivity index (χ1n) is 7.61. The quantitative estimate of drug-likeness (QED) is 0.204. The molecular formula is C17H15Cl3IN3O2S. The zero-order valence-electron chi connectivity index (χ0n) is 13.7. The molecule has 0 aliphatic carbocycles. The molecule has 3 N–H and O–H groups in total. The molecule has 1 amide bonds. The third-order valence-electron chi connectivity index (χ3n) is 3.18. The summed E-state index contributed by atoms with van der Waals surface area (Å²) >= 11 is 25.2. The molecule has 0 radical (unpaired) electrons. The minimum atomic E-state index is -1.86. The van der Waals surface area contributed by atoms with Crippen molar-refractivity contribution in [2.75, 3.05) is 5.32 Å². The number of carbonyl (C=O) groups is 1. The van der Waals surface area contributed by atoms with Crippen molar-refractivity contribution < 1.29 is 9.53 Å². The minimum Gasteiger partial charge on any atom is -0.445 e. The Morgan fingerprint density at radius 2 is 1.70 bits per heavy atom. The maximum absolute atomic E-state index is 12.0. The Labute approximate surface area is 191 Å². The predicted molar refractivity (Wildman–Crippen MR) is 122 cm³/mol. The SMILES string of the molecule is O=C(NC(NC(=S)Nc1ccc(I)cc1)C(Cl)(Cl)Cl)OCc1ccccc1. The van der Waals surface area contributed by atoms with Crippen LogP contribution in [-0.2, 0) is 11.3 Å². The van der Waals surface area contributed by atoms with Gasteiger partial charge in [-0.25, -0.2) is 4.79 Å². The van der Waals surface area contributed by atoms with E-state index in [2.05, 4.69) is 38.5 Å². The van der Waals surface area contributed by atoms with Gasteiger partial charge in [0.1, 0.15) is 6.61 Å². The second-order valence-electron chi connectivity index (χ2n) is 5.29. The Morgan fingerprint density at radius 1 is 1.07 bits per heavy atom. The van der Waals surface area contributed by atoms with E-state index in [9.17, 15) is 4.79 Å². The van der Waals surface area contributed by atoms with Crippen LogP contribution in [0.25, 0.3) is 0 Å². The Morgan fingerprint density at radius 3 is 2.30 bits per heavy atom. The van der Waals surface area contributed by atoms with Gasteiger partial charge in [0.05, 0.1) is 0 Å². The van der Waals surface area contributed by atoms with Gasteiger partial charge in [0.2, 0.25) is 3.79 Å². The first-order chi connectivity index (χ1) is 12.7. The minimum absolute atomic E-state index is 0.0879. The van der Waals surface area contributed by atoms with Gasteiger partial charge >= 0.3 is 6.09 Å². The van der Waals surface area contributed by atoms with Crippen LogP contribution < -0.4 is 16.0 Å². The van der Waals surface area contributed by atoms with Crippen molar-refractivity contribution >= 4 is 86.5 Å². The van der Waals surface area contributed by atoms with E-state index in [0.29, 0.717) is 0 Å². The van der Waals surface area contributed by atoms with Gasteiger partial charge in [0.25, 0.3) is 0 Å². The number of anilines is 1. The lowest BCUT2D eigenvalue weighted by molar-refractivity contribution is 0.135. The summed E-state index contributed by atoms with van der Waals surface area (Å²) in [6.07, 6.45) is -1.85. The fourth-order valence-electron chi connectivity index (χ4n) is 1.91. The number of amides is 1. The third kappa shape index (κ3) is 8.27. The average molecular weight is 559 g/mol. The van der Waals surface area contributed by atoms with Gasteiger partial charge in [-0.3, -0.25) is 5.32 Å². The summed E-state index contributed by atoms with van der Waals surface area (Å²) in [4.78, 5) is 12.0. The van der Waals surface area contributed by atoms with Crippen molar-refractivity contribution in [1.82, 2.24) is 10.6 Å². The highest BCUT2D eigenvalue weighted by molar-refractivity contribution is 14.1. The first kappa shape index (κ1) is 22.3. The smallest absolute Gasteiger partial charge is 0.409 e. The third-order valence-corrected chi connectivity index (χ3v) is 4.77. The molecular weight excluding hydrogens is 544 g/mol. The van der Waals surface area contributed by atoms with Gasteiger partial charge in [-0.15, -0.1) is 0 Å². The molecule has 27 heavy (non-hydrogen) atoms. The summed E-state index contributed by atoms with van der Waals surface area (Å²) in [5.41, 5.74) is 1.59. The van der Waals surface area contributed by atoms with E-state index in [4.69, 9.17) is 51.8 Å². The Kier molecular flexibility index (Phi) is 8.68. The summed E-state index contributed by atoms with van der Waals surface area (Å²) in [6, 6.07) is 16.7. The zero-order valence-corrected chi connectivity index (χ0v) is 19.0. The summed E-state index contributed by atoms with van der Waals surface area (Å²) < 4.78 is 4.36. The van der Waals surface area contributed by atoms with Gasteiger partial charge in [-0.2, -0.15) is 0 Å². The van der Waals surface area contributed by atoms with Gasteiger partial charge in [-0.05, 0) is 64.6 Å². The second-order valence-corrected chi connectivity index (χ2v) is 9.31. The number of alkyl carbamates (subject to hydrolysis) is 1. The van der Waals surface area contributed by atoms with Crippen LogP contribution in [0.2, 0.25) is 0 Å². The van der Waals surface area contributed by atoms with E-state index in [-0.39, 0.29) is 11.7 Å². The van der Waals surface area contributed by atoms with Crippen LogP contribution in [0.1, 0.15) is 5.56 Å². The number of rotatable bonds is 5. The highest BCUT2D eigenvalue weighted by atomic mass is 127. The van der Waals surface area contributed by atoms with Gasteiger partial charge in [0.15, 0.2) is 11.3 Å². The molecule has 0 saturated carbocycles.